The Bertz CT molecular complexity index is 326. The van der Waals surface area contributed by atoms with Gasteiger partial charge in [0.25, 0.3) is 0 Å². The molecule has 0 spiro atoms. The van der Waals surface area contributed by atoms with Crippen LogP contribution in [-0.4, -0.2) is 76.5 Å². The molecule has 0 rings (SSSR count). The van der Waals surface area contributed by atoms with Gasteiger partial charge in [0.15, 0.2) is 0 Å². The average Bonchev–Trinajstić information content (AvgIpc) is 2.51. The van der Waals surface area contributed by atoms with Crippen molar-refractivity contribution in [3.8, 4) is 0 Å². The van der Waals surface area contributed by atoms with E-state index in [2.05, 4.69) is 9.47 Å². The number of ether oxygens (including phenoxy) is 4. The van der Waals surface area contributed by atoms with Gasteiger partial charge in [0.1, 0.15) is 6.61 Å². The van der Waals surface area contributed by atoms with Crippen LogP contribution in [0, 0.1) is 0 Å². The molecule has 8 heteroatoms. The van der Waals surface area contributed by atoms with E-state index in [0.29, 0.717) is 32.8 Å². The maximum absolute atomic E-state index is 11.2. The molecule has 0 aromatic rings. The van der Waals surface area contributed by atoms with E-state index in [1.165, 1.54) is 21.1 Å². The van der Waals surface area contributed by atoms with E-state index in [1.54, 1.807) is 0 Å². The highest BCUT2D eigenvalue weighted by Gasteiger charge is 2.11. The molecule has 0 N–H and O–H groups in total. The van der Waals surface area contributed by atoms with Crippen molar-refractivity contribution in [3.63, 3.8) is 0 Å². The van der Waals surface area contributed by atoms with Crippen molar-refractivity contribution in [2.24, 2.45) is 0 Å². The Hall–Kier alpha value is -1.67. The van der Waals surface area contributed by atoms with Gasteiger partial charge in [0.05, 0.1) is 40.3 Å². The van der Waals surface area contributed by atoms with Gasteiger partial charge in [-0.15, -0.1) is 0 Å². The fourth-order valence-electron chi connectivity index (χ4n) is 1.58. The van der Waals surface area contributed by atoms with Crippen LogP contribution >= 0.6 is 0 Å². The van der Waals surface area contributed by atoms with Crippen LogP contribution in [0.1, 0.15) is 19.8 Å². The molecule has 0 heterocycles. The second-order valence-electron chi connectivity index (χ2n) is 4.45. The quantitative estimate of drug-likeness (QED) is 0.282. The van der Waals surface area contributed by atoms with Gasteiger partial charge in [-0.2, -0.15) is 0 Å². The standard InChI is InChI=1S/C14H25NO7/c1-12(16)22-11-10-21-9-8-15(6-4-13(17)19-2)7-5-14(18)20-3/h4-11H2,1-3H3. The van der Waals surface area contributed by atoms with Crippen molar-refractivity contribution >= 4 is 17.9 Å². The van der Waals surface area contributed by atoms with Gasteiger partial charge in [-0.25, -0.2) is 0 Å². The van der Waals surface area contributed by atoms with Gasteiger partial charge in [0.2, 0.25) is 0 Å². The van der Waals surface area contributed by atoms with Crippen molar-refractivity contribution in [2.45, 2.75) is 19.8 Å². The molecule has 0 bridgehead atoms. The van der Waals surface area contributed by atoms with Crippen LogP contribution in [0.2, 0.25) is 0 Å². The lowest BCUT2D eigenvalue weighted by Gasteiger charge is -2.21. The average molecular weight is 319 g/mol. The Morgan fingerprint density at radius 2 is 1.36 bits per heavy atom. The van der Waals surface area contributed by atoms with Crippen molar-refractivity contribution in [1.82, 2.24) is 4.90 Å². The van der Waals surface area contributed by atoms with E-state index in [9.17, 15) is 14.4 Å². The molecule has 22 heavy (non-hydrogen) atoms. The summed E-state index contributed by atoms with van der Waals surface area (Å²) in [4.78, 5) is 34.8. The second kappa shape index (κ2) is 13.0. The predicted octanol–water partition coefficient (Wildman–Crippen LogP) is -0.00570. The molecular weight excluding hydrogens is 294 g/mol. The normalized spacial score (nSPS) is 10.4. The molecule has 0 saturated heterocycles. The summed E-state index contributed by atoms with van der Waals surface area (Å²) in [6.07, 6.45) is 0.482. The van der Waals surface area contributed by atoms with E-state index in [-0.39, 0.29) is 37.4 Å². The Kier molecular flexibility index (Phi) is 12.0. The molecule has 0 saturated carbocycles. The first-order valence-corrected chi connectivity index (χ1v) is 7.06. The SMILES string of the molecule is COC(=O)CCN(CCOCCOC(C)=O)CCC(=O)OC. The van der Waals surface area contributed by atoms with Crippen molar-refractivity contribution < 1.29 is 33.3 Å². The number of nitrogens with zero attached hydrogens (tertiary/aromatic N) is 1. The maximum atomic E-state index is 11.2. The van der Waals surface area contributed by atoms with E-state index in [1.807, 2.05) is 4.90 Å². The number of carbonyl (C=O) groups is 3. The summed E-state index contributed by atoms with van der Waals surface area (Å²) in [5, 5.41) is 0. The van der Waals surface area contributed by atoms with Gasteiger partial charge in [-0.1, -0.05) is 0 Å². The summed E-state index contributed by atoms with van der Waals surface area (Å²) in [5.74, 6) is -0.959. The maximum Gasteiger partial charge on any atom is 0.306 e. The predicted molar refractivity (Wildman–Crippen MR) is 77.2 cm³/mol. The smallest absolute Gasteiger partial charge is 0.306 e. The number of hydrogen-bond acceptors (Lipinski definition) is 8. The number of carbonyl (C=O) groups excluding carboxylic acids is 3. The molecule has 0 aliphatic heterocycles. The largest absolute Gasteiger partial charge is 0.469 e. The zero-order chi connectivity index (χ0) is 16.8. The molecule has 128 valence electrons. The topological polar surface area (TPSA) is 91.4 Å². The zero-order valence-corrected chi connectivity index (χ0v) is 13.5. The monoisotopic (exact) mass is 319 g/mol. The Morgan fingerprint density at radius 3 is 1.82 bits per heavy atom. The van der Waals surface area contributed by atoms with Crippen molar-refractivity contribution in [3.05, 3.63) is 0 Å². The molecule has 0 aliphatic carbocycles. The minimum absolute atomic E-state index is 0.208. The summed E-state index contributed by atoms with van der Waals surface area (Å²) in [7, 11) is 2.67. The van der Waals surface area contributed by atoms with E-state index >= 15 is 0 Å². The molecule has 0 radical (unpaired) electrons. The minimum atomic E-state index is -0.346. The molecule has 0 unspecified atom stereocenters. The fraction of sp³-hybridized carbons (Fsp3) is 0.786. The molecule has 0 aromatic heterocycles. The number of methoxy groups -OCH3 is 2. The van der Waals surface area contributed by atoms with Crippen molar-refractivity contribution in [1.29, 1.82) is 0 Å². The van der Waals surface area contributed by atoms with Crippen LogP contribution in [0.15, 0.2) is 0 Å². The first kappa shape index (κ1) is 20.3. The molecule has 8 nitrogen and oxygen atoms in total. The van der Waals surface area contributed by atoms with Crippen molar-refractivity contribution in [2.75, 3.05) is 53.7 Å². The van der Waals surface area contributed by atoms with Gasteiger partial charge in [-0.3, -0.25) is 19.3 Å². The summed E-state index contributed by atoms with van der Waals surface area (Å²) in [6.45, 7) is 3.74. The lowest BCUT2D eigenvalue weighted by Crippen LogP contribution is -2.32. The highest BCUT2D eigenvalue weighted by Crippen LogP contribution is 1.98. The first-order chi connectivity index (χ1) is 10.5. The summed E-state index contributed by atoms with van der Waals surface area (Å²) >= 11 is 0. The Morgan fingerprint density at radius 1 is 0.818 bits per heavy atom. The molecule has 0 aliphatic rings. The summed E-state index contributed by atoms with van der Waals surface area (Å²) < 4.78 is 19.2. The molecule has 0 aromatic carbocycles. The first-order valence-electron chi connectivity index (χ1n) is 7.06. The number of rotatable bonds is 12. The van der Waals surface area contributed by atoms with E-state index < -0.39 is 0 Å². The van der Waals surface area contributed by atoms with Gasteiger partial charge < -0.3 is 18.9 Å². The molecule has 0 fully saturated rings. The number of hydrogen-bond donors (Lipinski definition) is 0. The minimum Gasteiger partial charge on any atom is -0.469 e. The highest BCUT2D eigenvalue weighted by atomic mass is 16.6. The fourth-order valence-corrected chi connectivity index (χ4v) is 1.58. The number of esters is 3. The van der Waals surface area contributed by atoms with Gasteiger partial charge in [0, 0.05) is 26.6 Å². The van der Waals surface area contributed by atoms with E-state index in [0.717, 1.165) is 0 Å². The zero-order valence-electron chi connectivity index (χ0n) is 13.5. The third-order valence-corrected chi connectivity index (χ3v) is 2.80. The second-order valence-corrected chi connectivity index (χ2v) is 4.45. The lowest BCUT2D eigenvalue weighted by molar-refractivity contribution is -0.142. The summed E-state index contributed by atoms with van der Waals surface area (Å²) in [5.41, 5.74) is 0. The van der Waals surface area contributed by atoms with Crippen LogP contribution in [0.3, 0.4) is 0 Å². The Balaban J connectivity index is 3.97. The highest BCUT2D eigenvalue weighted by molar-refractivity contribution is 5.70. The van der Waals surface area contributed by atoms with Crippen LogP contribution in [0.4, 0.5) is 0 Å². The molecule has 0 atom stereocenters. The third kappa shape index (κ3) is 12.1. The third-order valence-electron chi connectivity index (χ3n) is 2.80. The van der Waals surface area contributed by atoms with Gasteiger partial charge >= 0.3 is 17.9 Å². The van der Waals surface area contributed by atoms with Crippen LogP contribution in [0.5, 0.6) is 0 Å². The van der Waals surface area contributed by atoms with Crippen LogP contribution in [-0.2, 0) is 33.3 Å². The lowest BCUT2D eigenvalue weighted by atomic mass is 10.3. The van der Waals surface area contributed by atoms with Crippen LogP contribution in [0.25, 0.3) is 0 Å². The van der Waals surface area contributed by atoms with E-state index in [4.69, 9.17) is 9.47 Å². The Labute approximate surface area is 130 Å². The summed E-state index contributed by atoms with van der Waals surface area (Å²) in [6, 6.07) is 0. The van der Waals surface area contributed by atoms with Crippen LogP contribution < -0.4 is 0 Å². The molecule has 0 amide bonds. The van der Waals surface area contributed by atoms with Gasteiger partial charge in [-0.05, 0) is 0 Å². The molecular formula is C14H25NO7.